The Hall–Kier alpha value is -3.25. The van der Waals surface area contributed by atoms with Crippen molar-refractivity contribution in [1.29, 1.82) is 0 Å². The molecule has 5 rings (SSSR count). The number of anilines is 1. The standard InChI is InChI=1S/C25H25Cl2N7O3S/c1-31(38(2,36)37)19-4-6-23-30-24(20-5-3-18(26)13-21(20)27)22(34(23)15-19)16-32-9-11-33(12-10-32)25(35)17-7-8-28-29-14-17/h3-8,13-15H,9-12,16H2,1-2H3. The number of amides is 1. The van der Waals surface area contributed by atoms with E-state index in [9.17, 15) is 13.2 Å². The van der Waals surface area contributed by atoms with Crippen molar-refractivity contribution in [3.8, 4) is 11.3 Å². The Bertz CT molecular complexity index is 1600. The van der Waals surface area contributed by atoms with E-state index >= 15 is 0 Å². The first-order valence-corrected chi connectivity index (χ1v) is 14.4. The van der Waals surface area contributed by atoms with Gasteiger partial charge in [0.25, 0.3) is 5.91 Å². The van der Waals surface area contributed by atoms with E-state index in [1.54, 1.807) is 41.4 Å². The normalized spacial score (nSPS) is 14.7. The Labute approximate surface area is 230 Å². The van der Waals surface area contributed by atoms with Crippen LogP contribution in [0.25, 0.3) is 16.9 Å². The second-order valence-corrected chi connectivity index (χ2v) is 11.9. The van der Waals surface area contributed by atoms with Gasteiger partial charge in [-0.25, -0.2) is 13.4 Å². The summed E-state index contributed by atoms with van der Waals surface area (Å²) in [6.45, 7) is 2.91. The monoisotopic (exact) mass is 573 g/mol. The summed E-state index contributed by atoms with van der Waals surface area (Å²) >= 11 is 12.7. The third-order valence-corrected chi connectivity index (χ3v) is 8.37. The molecule has 4 heterocycles. The molecule has 0 atom stereocenters. The molecule has 0 radical (unpaired) electrons. The zero-order chi connectivity index (χ0) is 27.0. The van der Waals surface area contributed by atoms with E-state index in [4.69, 9.17) is 28.2 Å². The van der Waals surface area contributed by atoms with E-state index in [0.29, 0.717) is 65.4 Å². The summed E-state index contributed by atoms with van der Waals surface area (Å²) in [6, 6.07) is 10.4. The van der Waals surface area contributed by atoms with Gasteiger partial charge in [-0.3, -0.25) is 18.4 Å². The van der Waals surface area contributed by atoms with Gasteiger partial charge < -0.3 is 4.90 Å². The zero-order valence-corrected chi connectivity index (χ0v) is 23.1. The van der Waals surface area contributed by atoms with Crippen molar-refractivity contribution in [2.24, 2.45) is 0 Å². The molecule has 1 saturated heterocycles. The van der Waals surface area contributed by atoms with Crippen LogP contribution in [0.1, 0.15) is 16.1 Å². The predicted octanol–water partition coefficient (Wildman–Crippen LogP) is 3.45. The van der Waals surface area contributed by atoms with Crippen molar-refractivity contribution < 1.29 is 13.2 Å². The molecule has 13 heteroatoms. The molecule has 10 nitrogen and oxygen atoms in total. The molecule has 1 fully saturated rings. The van der Waals surface area contributed by atoms with Crippen molar-refractivity contribution >= 4 is 50.5 Å². The van der Waals surface area contributed by atoms with Crippen molar-refractivity contribution in [3.63, 3.8) is 0 Å². The minimum atomic E-state index is -3.45. The fraction of sp³-hybridized carbons (Fsp3) is 0.280. The SMILES string of the molecule is CN(c1ccc2nc(-c3ccc(Cl)cc3Cl)c(CN3CCN(C(=O)c4ccnnc4)CC3)n2c1)S(C)(=O)=O. The second kappa shape index (κ2) is 10.5. The highest BCUT2D eigenvalue weighted by molar-refractivity contribution is 7.92. The van der Waals surface area contributed by atoms with Gasteiger partial charge >= 0.3 is 0 Å². The van der Waals surface area contributed by atoms with Crippen LogP contribution >= 0.6 is 23.2 Å². The van der Waals surface area contributed by atoms with Crippen molar-refractivity contribution in [3.05, 3.63) is 76.3 Å². The molecule has 0 unspecified atom stereocenters. The smallest absolute Gasteiger partial charge is 0.255 e. The highest BCUT2D eigenvalue weighted by atomic mass is 35.5. The van der Waals surface area contributed by atoms with E-state index in [-0.39, 0.29) is 5.91 Å². The fourth-order valence-electron chi connectivity index (χ4n) is 4.43. The number of hydrogen-bond donors (Lipinski definition) is 0. The van der Waals surface area contributed by atoms with Crippen LogP contribution < -0.4 is 4.31 Å². The molecule has 38 heavy (non-hydrogen) atoms. The van der Waals surface area contributed by atoms with Gasteiger partial charge in [-0.15, -0.1) is 0 Å². The molecule has 1 amide bonds. The molecule has 1 aliphatic heterocycles. The largest absolute Gasteiger partial charge is 0.336 e. The molecule has 1 aromatic carbocycles. The van der Waals surface area contributed by atoms with Gasteiger partial charge in [-0.1, -0.05) is 23.2 Å². The molecule has 4 aromatic rings. The number of hydrogen-bond acceptors (Lipinski definition) is 7. The van der Waals surface area contributed by atoms with E-state index in [1.807, 2.05) is 10.5 Å². The summed E-state index contributed by atoms with van der Waals surface area (Å²) in [5.74, 6) is -0.0727. The van der Waals surface area contributed by atoms with Crippen molar-refractivity contribution in [2.45, 2.75) is 6.54 Å². The number of fused-ring (bicyclic) bond motifs is 1. The number of benzene rings is 1. The van der Waals surface area contributed by atoms with Gasteiger partial charge in [0.15, 0.2) is 0 Å². The maximum absolute atomic E-state index is 12.8. The Morgan fingerprint density at radius 3 is 2.47 bits per heavy atom. The molecular formula is C25H25Cl2N7O3S. The van der Waals surface area contributed by atoms with E-state index in [0.717, 1.165) is 17.5 Å². The van der Waals surface area contributed by atoms with Crippen LogP contribution in [-0.4, -0.2) is 83.2 Å². The predicted molar refractivity (Wildman–Crippen MR) is 147 cm³/mol. The number of rotatable bonds is 6. The van der Waals surface area contributed by atoms with Crippen LogP contribution in [0.2, 0.25) is 10.0 Å². The topological polar surface area (TPSA) is 104 Å². The first kappa shape index (κ1) is 26.4. The number of pyridine rings is 1. The molecule has 1 aliphatic rings. The number of nitrogens with zero attached hydrogens (tertiary/aromatic N) is 7. The Balaban J connectivity index is 1.48. The highest BCUT2D eigenvalue weighted by Gasteiger charge is 2.25. The number of sulfonamides is 1. The summed E-state index contributed by atoms with van der Waals surface area (Å²) in [7, 11) is -1.94. The lowest BCUT2D eigenvalue weighted by atomic mass is 10.1. The lowest BCUT2D eigenvalue weighted by Crippen LogP contribution is -2.48. The van der Waals surface area contributed by atoms with Crippen LogP contribution in [0.15, 0.2) is 55.0 Å². The third kappa shape index (κ3) is 5.32. The van der Waals surface area contributed by atoms with E-state index in [2.05, 4.69) is 15.1 Å². The summed E-state index contributed by atoms with van der Waals surface area (Å²) in [4.78, 5) is 21.7. The van der Waals surface area contributed by atoms with Gasteiger partial charge in [-0.2, -0.15) is 10.2 Å². The number of carbonyl (C=O) groups excluding carboxylic acids is 1. The lowest BCUT2D eigenvalue weighted by Gasteiger charge is -2.34. The molecular weight excluding hydrogens is 549 g/mol. The summed E-state index contributed by atoms with van der Waals surface area (Å²) < 4.78 is 27.5. The molecule has 198 valence electrons. The average molecular weight is 574 g/mol. The van der Waals surface area contributed by atoms with Gasteiger partial charge in [-0.05, 0) is 36.4 Å². The quantitative estimate of drug-likeness (QED) is 0.348. The third-order valence-electron chi connectivity index (χ3n) is 6.61. The first-order valence-electron chi connectivity index (χ1n) is 11.8. The van der Waals surface area contributed by atoms with Gasteiger partial charge in [0.2, 0.25) is 10.0 Å². The van der Waals surface area contributed by atoms with Gasteiger partial charge in [0, 0.05) is 56.6 Å². The number of carbonyl (C=O) groups is 1. The minimum Gasteiger partial charge on any atom is -0.336 e. The minimum absolute atomic E-state index is 0.0727. The Morgan fingerprint density at radius 1 is 1.05 bits per heavy atom. The van der Waals surface area contributed by atoms with Gasteiger partial charge in [0.1, 0.15) is 5.65 Å². The Kier molecular flexibility index (Phi) is 7.28. The summed E-state index contributed by atoms with van der Waals surface area (Å²) in [5, 5.41) is 8.53. The molecule has 0 aliphatic carbocycles. The first-order chi connectivity index (χ1) is 18.1. The highest BCUT2D eigenvalue weighted by Crippen LogP contribution is 2.34. The number of piperazine rings is 1. The van der Waals surface area contributed by atoms with Gasteiger partial charge in [0.05, 0.1) is 46.3 Å². The van der Waals surface area contributed by atoms with Crippen LogP contribution in [0.4, 0.5) is 5.69 Å². The maximum atomic E-state index is 12.8. The van der Waals surface area contributed by atoms with Crippen molar-refractivity contribution in [2.75, 3.05) is 43.8 Å². The van der Waals surface area contributed by atoms with Crippen LogP contribution in [-0.2, 0) is 16.6 Å². The lowest BCUT2D eigenvalue weighted by molar-refractivity contribution is 0.0626. The Morgan fingerprint density at radius 2 is 1.82 bits per heavy atom. The average Bonchev–Trinajstić information content (AvgIpc) is 3.25. The molecule has 0 spiro atoms. The second-order valence-electron chi connectivity index (χ2n) is 9.08. The summed E-state index contributed by atoms with van der Waals surface area (Å²) in [5.41, 5.74) is 3.95. The zero-order valence-electron chi connectivity index (χ0n) is 20.8. The van der Waals surface area contributed by atoms with Crippen LogP contribution in [0.3, 0.4) is 0 Å². The number of imidazole rings is 1. The molecule has 0 bridgehead atoms. The molecule has 0 saturated carbocycles. The van der Waals surface area contributed by atoms with E-state index < -0.39 is 10.0 Å². The van der Waals surface area contributed by atoms with Crippen molar-refractivity contribution in [1.82, 2.24) is 29.4 Å². The number of aromatic nitrogens is 4. The molecule has 3 aromatic heterocycles. The van der Waals surface area contributed by atoms with E-state index in [1.165, 1.54) is 23.7 Å². The fourth-order valence-corrected chi connectivity index (χ4v) is 5.42. The molecule has 0 N–H and O–H groups in total. The van der Waals surface area contributed by atoms with Crippen LogP contribution in [0.5, 0.6) is 0 Å². The summed E-state index contributed by atoms with van der Waals surface area (Å²) in [6.07, 6.45) is 5.91. The van der Waals surface area contributed by atoms with Crippen LogP contribution in [0, 0.1) is 0 Å². The maximum Gasteiger partial charge on any atom is 0.255 e. The number of halogens is 2.